The lowest BCUT2D eigenvalue weighted by molar-refractivity contribution is 0.252. The first-order valence-electron chi connectivity index (χ1n) is 9.01. The van der Waals surface area contributed by atoms with E-state index in [1.807, 2.05) is 19.2 Å². The van der Waals surface area contributed by atoms with Crippen molar-refractivity contribution in [2.24, 2.45) is 0 Å². The first-order chi connectivity index (χ1) is 13.6. The summed E-state index contributed by atoms with van der Waals surface area (Å²) in [6, 6.07) is 3.22. The molecule has 1 unspecified atom stereocenters. The van der Waals surface area contributed by atoms with Crippen molar-refractivity contribution in [3.8, 4) is 11.3 Å². The monoisotopic (exact) mass is 378 g/mol. The fourth-order valence-corrected chi connectivity index (χ4v) is 3.00. The zero-order valence-electron chi connectivity index (χ0n) is 15.3. The number of fused-ring (bicyclic) bond motifs is 1. The Morgan fingerprint density at radius 3 is 3.04 bits per heavy atom. The van der Waals surface area contributed by atoms with Gasteiger partial charge in [0, 0.05) is 42.8 Å². The predicted octanol–water partition coefficient (Wildman–Crippen LogP) is 3.61. The maximum atomic E-state index is 13.3. The molecule has 2 amide bonds. The van der Waals surface area contributed by atoms with Crippen molar-refractivity contribution in [3.63, 3.8) is 0 Å². The molecule has 1 aliphatic carbocycles. The number of hydrogen-bond acceptors (Lipinski definition) is 4. The number of halogens is 1. The van der Waals surface area contributed by atoms with Crippen molar-refractivity contribution in [2.45, 2.75) is 19.5 Å². The van der Waals surface area contributed by atoms with Gasteiger partial charge in [-0.05, 0) is 30.7 Å². The summed E-state index contributed by atoms with van der Waals surface area (Å²) in [6.45, 7) is 2.40. The molecule has 8 heteroatoms. The van der Waals surface area contributed by atoms with Gasteiger partial charge in [0.1, 0.15) is 6.17 Å². The van der Waals surface area contributed by atoms with Crippen LogP contribution in [0.2, 0.25) is 0 Å². The van der Waals surface area contributed by atoms with Crippen molar-refractivity contribution in [2.75, 3.05) is 11.9 Å². The van der Waals surface area contributed by atoms with E-state index in [-0.39, 0.29) is 6.03 Å². The quantitative estimate of drug-likeness (QED) is 0.726. The highest BCUT2D eigenvalue weighted by molar-refractivity contribution is 5.90. The van der Waals surface area contributed by atoms with Crippen LogP contribution in [0.5, 0.6) is 0 Å². The van der Waals surface area contributed by atoms with Crippen molar-refractivity contribution < 1.29 is 9.18 Å². The molecule has 28 heavy (non-hydrogen) atoms. The number of nitrogens with zero attached hydrogens (tertiary/aromatic N) is 4. The Labute approximate surface area is 161 Å². The number of aromatic nitrogens is 4. The van der Waals surface area contributed by atoms with Gasteiger partial charge in [0.2, 0.25) is 0 Å². The van der Waals surface area contributed by atoms with Gasteiger partial charge in [0.25, 0.3) is 0 Å². The second kappa shape index (κ2) is 7.59. The number of anilines is 1. The molecule has 3 aromatic heterocycles. The third-order valence-corrected chi connectivity index (χ3v) is 4.37. The van der Waals surface area contributed by atoms with Crippen LogP contribution in [-0.2, 0) is 0 Å². The Balaban J connectivity index is 1.63. The average Bonchev–Trinajstić information content (AvgIpc) is 3.12. The largest absolute Gasteiger partial charge is 0.338 e. The molecule has 1 aliphatic rings. The lowest BCUT2D eigenvalue weighted by atomic mass is 10.0. The summed E-state index contributed by atoms with van der Waals surface area (Å²) < 4.78 is 14.9. The maximum absolute atomic E-state index is 13.3. The SMILES string of the molecule is CCNC(=O)Nc1ccnc(-c2cnn3cc(C4=CCC(F)C=C4)cnc23)c1. The highest BCUT2D eigenvalue weighted by Crippen LogP contribution is 2.26. The lowest BCUT2D eigenvalue weighted by Gasteiger charge is -2.10. The summed E-state index contributed by atoms with van der Waals surface area (Å²) in [4.78, 5) is 20.6. The Morgan fingerprint density at radius 1 is 1.36 bits per heavy atom. The highest BCUT2D eigenvalue weighted by atomic mass is 19.1. The van der Waals surface area contributed by atoms with Crippen LogP contribution < -0.4 is 10.6 Å². The molecular weight excluding hydrogens is 359 g/mol. The van der Waals surface area contributed by atoms with Gasteiger partial charge in [-0.1, -0.05) is 12.2 Å². The Kier molecular flexibility index (Phi) is 4.84. The molecule has 0 radical (unpaired) electrons. The second-order valence-electron chi connectivity index (χ2n) is 6.35. The number of hydrogen-bond donors (Lipinski definition) is 2. The number of carbonyl (C=O) groups is 1. The smallest absolute Gasteiger partial charge is 0.319 e. The highest BCUT2D eigenvalue weighted by Gasteiger charge is 2.13. The van der Waals surface area contributed by atoms with Crippen LogP contribution >= 0.6 is 0 Å². The maximum Gasteiger partial charge on any atom is 0.319 e. The molecule has 0 aromatic carbocycles. The fourth-order valence-electron chi connectivity index (χ4n) is 3.00. The summed E-state index contributed by atoms with van der Waals surface area (Å²) in [5, 5.41) is 9.82. The third-order valence-electron chi connectivity index (χ3n) is 4.37. The van der Waals surface area contributed by atoms with Crippen LogP contribution in [0.4, 0.5) is 14.9 Å². The fraction of sp³-hybridized carbons (Fsp3) is 0.200. The van der Waals surface area contributed by atoms with Crippen LogP contribution in [0, 0.1) is 0 Å². The molecule has 1 atom stereocenters. The van der Waals surface area contributed by atoms with Gasteiger partial charge in [0.15, 0.2) is 5.65 Å². The summed E-state index contributed by atoms with van der Waals surface area (Å²) in [6.07, 6.45) is 11.5. The van der Waals surface area contributed by atoms with Gasteiger partial charge in [-0.3, -0.25) is 4.98 Å². The van der Waals surface area contributed by atoms with Crippen LogP contribution in [0.25, 0.3) is 22.5 Å². The number of amides is 2. The molecule has 0 bridgehead atoms. The van der Waals surface area contributed by atoms with Gasteiger partial charge in [-0.25, -0.2) is 18.7 Å². The summed E-state index contributed by atoms with van der Waals surface area (Å²) in [5.74, 6) is 0. The molecule has 142 valence electrons. The van der Waals surface area contributed by atoms with E-state index >= 15 is 0 Å². The number of pyridine rings is 1. The van der Waals surface area contributed by atoms with E-state index in [0.29, 0.717) is 30.0 Å². The molecule has 0 saturated heterocycles. The van der Waals surface area contributed by atoms with E-state index in [1.165, 1.54) is 0 Å². The van der Waals surface area contributed by atoms with E-state index in [1.54, 1.807) is 47.4 Å². The number of carbonyl (C=O) groups excluding carboxylic acids is 1. The Bertz CT molecular complexity index is 1090. The minimum Gasteiger partial charge on any atom is -0.338 e. The van der Waals surface area contributed by atoms with Crippen molar-refractivity contribution >= 4 is 22.9 Å². The molecule has 0 fully saturated rings. The zero-order chi connectivity index (χ0) is 19.5. The van der Waals surface area contributed by atoms with E-state index in [0.717, 1.165) is 16.7 Å². The molecule has 0 aliphatic heterocycles. The number of alkyl halides is 1. The van der Waals surface area contributed by atoms with Crippen LogP contribution in [0.3, 0.4) is 0 Å². The van der Waals surface area contributed by atoms with Crippen molar-refractivity contribution in [3.05, 3.63) is 60.7 Å². The van der Waals surface area contributed by atoms with Gasteiger partial charge in [-0.2, -0.15) is 5.10 Å². The van der Waals surface area contributed by atoms with E-state index in [2.05, 4.69) is 25.7 Å². The van der Waals surface area contributed by atoms with Gasteiger partial charge < -0.3 is 10.6 Å². The van der Waals surface area contributed by atoms with Gasteiger partial charge in [-0.15, -0.1) is 0 Å². The van der Waals surface area contributed by atoms with Crippen LogP contribution in [-0.4, -0.2) is 38.3 Å². The van der Waals surface area contributed by atoms with Crippen molar-refractivity contribution in [1.29, 1.82) is 0 Å². The second-order valence-corrected chi connectivity index (χ2v) is 6.35. The Hall–Kier alpha value is -3.55. The number of urea groups is 1. The first-order valence-corrected chi connectivity index (χ1v) is 9.01. The van der Waals surface area contributed by atoms with Gasteiger partial charge >= 0.3 is 6.03 Å². The number of nitrogens with one attached hydrogen (secondary N) is 2. The predicted molar refractivity (Wildman–Crippen MR) is 106 cm³/mol. The van der Waals surface area contributed by atoms with E-state index in [9.17, 15) is 9.18 Å². The lowest BCUT2D eigenvalue weighted by Crippen LogP contribution is -2.28. The normalized spacial score (nSPS) is 16.1. The molecular formula is C20H19FN6O. The van der Waals surface area contributed by atoms with Gasteiger partial charge in [0.05, 0.1) is 17.5 Å². The van der Waals surface area contributed by atoms with Crippen LogP contribution in [0.15, 0.2) is 55.1 Å². The standard InChI is InChI=1S/C20H19FN6O/c1-2-22-20(28)26-16-7-8-23-18(9-16)17-11-25-27-12-14(10-24-19(17)27)13-3-5-15(21)6-4-13/h3-5,7-12,15H,2,6H2,1H3,(H2,22,23,26,28). The molecule has 0 saturated carbocycles. The Morgan fingerprint density at radius 2 is 2.25 bits per heavy atom. The summed E-state index contributed by atoms with van der Waals surface area (Å²) in [7, 11) is 0. The topological polar surface area (TPSA) is 84.2 Å². The van der Waals surface area contributed by atoms with E-state index < -0.39 is 6.17 Å². The zero-order valence-corrected chi connectivity index (χ0v) is 15.3. The van der Waals surface area contributed by atoms with E-state index in [4.69, 9.17) is 0 Å². The minimum atomic E-state index is -0.928. The molecule has 0 spiro atoms. The summed E-state index contributed by atoms with van der Waals surface area (Å²) >= 11 is 0. The average molecular weight is 378 g/mol. The van der Waals surface area contributed by atoms with Crippen molar-refractivity contribution in [1.82, 2.24) is 24.9 Å². The molecule has 7 nitrogen and oxygen atoms in total. The molecule has 3 heterocycles. The molecule has 4 rings (SSSR count). The molecule has 2 N–H and O–H groups in total. The number of rotatable bonds is 4. The first kappa shape index (κ1) is 17.8. The number of allylic oxidation sites excluding steroid dienone is 4. The molecule has 3 aromatic rings. The van der Waals surface area contributed by atoms with Crippen LogP contribution in [0.1, 0.15) is 18.9 Å². The summed E-state index contributed by atoms with van der Waals surface area (Å²) in [5.41, 5.74) is 4.47. The minimum absolute atomic E-state index is 0.272. The third kappa shape index (κ3) is 3.62.